The van der Waals surface area contributed by atoms with Crippen molar-refractivity contribution in [3.63, 3.8) is 0 Å². The molecule has 2 aliphatic heterocycles. The second-order valence-corrected chi connectivity index (χ2v) is 6.92. The van der Waals surface area contributed by atoms with Crippen LogP contribution in [-0.2, 0) is 14.9 Å². The number of piperidine rings is 1. The maximum absolute atomic E-state index is 12.3. The number of hydrogen-bond acceptors (Lipinski definition) is 4. The van der Waals surface area contributed by atoms with Crippen molar-refractivity contribution in [3.05, 3.63) is 0 Å². The molecule has 19 heavy (non-hydrogen) atoms. The average Bonchev–Trinajstić information content (AvgIpc) is 2.28. The van der Waals surface area contributed by atoms with Crippen LogP contribution in [0.1, 0.15) is 26.7 Å². The number of nitrogens with zero attached hydrogens (tertiary/aromatic N) is 1. The molecule has 2 unspecified atom stereocenters. The van der Waals surface area contributed by atoms with Crippen LogP contribution in [0, 0.1) is 0 Å². The highest BCUT2D eigenvalue weighted by molar-refractivity contribution is 7.87. The Hall–Kier alpha value is 0.0800. The standard InChI is InChI=1S/C11H23N3O3S.ClH/c1-9-7-14(8-10(2)17-9)18(15,16)13-11-3-5-12-6-4-11;/h9-13H,3-8H2,1-2H3;1H. The van der Waals surface area contributed by atoms with Gasteiger partial charge in [-0.25, -0.2) is 0 Å². The van der Waals surface area contributed by atoms with Gasteiger partial charge in [-0.1, -0.05) is 0 Å². The lowest BCUT2D eigenvalue weighted by atomic mass is 10.1. The van der Waals surface area contributed by atoms with Crippen molar-refractivity contribution < 1.29 is 13.2 Å². The van der Waals surface area contributed by atoms with Gasteiger partial charge in [-0.3, -0.25) is 0 Å². The number of halogens is 1. The summed E-state index contributed by atoms with van der Waals surface area (Å²) in [5.74, 6) is 0. The van der Waals surface area contributed by atoms with E-state index in [1.165, 1.54) is 4.31 Å². The maximum atomic E-state index is 12.3. The summed E-state index contributed by atoms with van der Waals surface area (Å²) in [4.78, 5) is 0. The third kappa shape index (κ3) is 4.84. The molecule has 0 amide bonds. The molecule has 2 saturated heterocycles. The molecule has 114 valence electrons. The maximum Gasteiger partial charge on any atom is 0.279 e. The van der Waals surface area contributed by atoms with Crippen LogP contribution in [0.3, 0.4) is 0 Å². The zero-order chi connectivity index (χ0) is 13.2. The molecule has 2 fully saturated rings. The lowest BCUT2D eigenvalue weighted by molar-refractivity contribution is -0.0444. The highest BCUT2D eigenvalue weighted by atomic mass is 35.5. The van der Waals surface area contributed by atoms with Gasteiger partial charge in [0.25, 0.3) is 10.2 Å². The SMILES string of the molecule is CC1CN(S(=O)(=O)NC2CCNCC2)CC(C)O1.Cl. The molecule has 0 aromatic rings. The molecule has 0 aliphatic carbocycles. The molecule has 0 aromatic carbocycles. The topological polar surface area (TPSA) is 70.7 Å². The van der Waals surface area contributed by atoms with Crippen LogP contribution < -0.4 is 10.0 Å². The number of rotatable bonds is 3. The molecule has 2 heterocycles. The Morgan fingerprint density at radius 3 is 2.21 bits per heavy atom. The van der Waals surface area contributed by atoms with Crippen molar-refractivity contribution in [1.29, 1.82) is 0 Å². The molecular weight excluding hydrogens is 290 g/mol. The predicted octanol–water partition coefficient (Wildman–Crippen LogP) is 0.104. The molecule has 0 spiro atoms. The quantitative estimate of drug-likeness (QED) is 0.775. The Kier molecular flexibility index (Phi) is 6.49. The summed E-state index contributed by atoms with van der Waals surface area (Å²) in [6.45, 7) is 6.44. The van der Waals surface area contributed by atoms with E-state index in [9.17, 15) is 8.42 Å². The molecule has 0 saturated carbocycles. The lowest BCUT2D eigenvalue weighted by Gasteiger charge is -2.35. The minimum atomic E-state index is -3.37. The third-order valence-electron chi connectivity index (χ3n) is 3.38. The van der Waals surface area contributed by atoms with Crippen molar-refractivity contribution in [2.45, 2.75) is 44.9 Å². The largest absolute Gasteiger partial charge is 0.373 e. The van der Waals surface area contributed by atoms with Crippen LogP contribution in [0.2, 0.25) is 0 Å². The molecule has 0 aromatic heterocycles. The van der Waals surface area contributed by atoms with E-state index >= 15 is 0 Å². The van der Waals surface area contributed by atoms with E-state index in [0.717, 1.165) is 25.9 Å². The van der Waals surface area contributed by atoms with Gasteiger partial charge in [-0.2, -0.15) is 17.4 Å². The monoisotopic (exact) mass is 313 g/mol. The van der Waals surface area contributed by atoms with Crippen LogP contribution in [0.5, 0.6) is 0 Å². The second kappa shape index (κ2) is 7.19. The van der Waals surface area contributed by atoms with Gasteiger partial charge in [0.15, 0.2) is 0 Å². The molecule has 2 N–H and O–H groups in total. The summed E-state index contributed by atoms with van der Waals surface area (Å²) in [5, 5.41) is 3.23. The number of hydrogen-bond donors (Lipinski definition) is 2. The van der Waals surface area contributed by atoms with Crippen molar-refractivity contribution in [2.75, 3.05) is 26.2 Å². The highest BCUT2D eigenvalue weighted by Crippen LogP contribution is 2.15. The first-order valence-electron chi connectivity index (χ1n) is 6.61. The fraction of sp³-hybridized carbons (Fsp3) is 1.00. The lowest BCUT2D eigenvalue weighted by Crippen LogP contribution is -2.54. The zero-order valence-electron chi connectivity index (χ0n) is 11.5. The summed E-state index contributed by atoms with van der Waals surface area (Å²) in [7, 11) is -3.37. The van der Waals surface area contributed by atoms with Gasteiger partial charge in [0.05, 0.1) is 12.2 Å². The van der Waals surface area contributed by atoms with Crippen molar-refractivity contribution >= 4 is 22.6 Å². The Morgan fingerprint density at radius 2 is 1.68 bits per heavy atom. The highest BCUT2D eigenvalue weighted by Gasteiger charge is 2.32. The van der Waals surface area contributed by atoms with Gasteiger partial charge in [0.2, 0.25) is 0 Å². The van der Waals surface area contributed by atoms with Crippen molar-refractivity contribution in [1.82, 2.24) is 14.3 Å². The smallest absolute Gasteiger partial charge is 0.279 e. The summed E-state index contributed by atoms with van der Waals surface area (Å²) >= 11 is 0. The number of nitrogens with one attached hydrogen (secondary N) is 2. The van der Waals surface area contributed by atoms with Crippen LogP contribution in [0.15, 0.2) is 0 Å². The van der Waals surface area contributed by atoms with E-state index in [1.807, 2.05) is 13.8 Å². The van der Waals surface area contributed by atoms with E-state index < -0.39 is 10.2 Å². The van der Waals surface area contributed by atoms with Crippen LogP contribution in [0.25, 0.3) is 0 Å². The molecule has 2 aliphatic rings. The summed E-state index contributed by atoms with van der Waals surface area (Å²) in [5.41, 5.74) is 0. The summed E-state index contributed by atoms with van der Waals surface area (Å²) in [6.07, 6.45) is 1.63. The molecular formula is C11H24ClN3O3S. The number of ether oxygens (including phenoxy) is 1. The minimum Gasteiger partial charge on any atom is -0.373 e. The Bertz CT molecular complexity index is 363. The molecule has 8 heteroatoms. The van der Waals surface area contributed by atoms with Gasteiger partial charge in [-0.15, -0.1) is 12.4 Å². The third-order valence-corrected chi connectivity index (χ3v) is 4.99. The van der Waals surface area contributed by atoms with E-state index in [2.05, 4.69) is 10.0 Å². The van der Waals surface area contributed by atoms with Crippen LogP contribution in [-0.4, -0.2) is 57.2 Å². The van der Waals surface area contributed by atoms with Gasteiger partial charge < -0.3 is 10.1 Å². The van der Waals surface area contributed by atoms with Gasteiger partial charge >= 0.3 is 0 Å². The Labute approximate surface area is 121 Å². The van der Waals surface area contributed by atoms with E-state index in [-0.39, 0.29) is 30.7 Å². The van der Waals surface area contributed by atoms with E-state index in [1.54, 1.807) is 0 Å². The van der Waals surface area contributed by atoms with Crippen molar-refractivity contribution in [2.24, 2.45) is 0 Å². The van der Waals surface area contributed by atoms with Crippen LogP contribution in [0.4, 0.5) is 0 Å². The molecule has 0 bridgehead atoms. The van der Waals surface area contributed by atoms with E-state index in [0.29, 0.717) is 13.1 Å². The first-order valence-corrected chi connectivity index (χ1v) is 8.05. The first kappa shape index (κ1) is 17.1. The molecule has 0 radical (unpaired) electrons. The average molecular weight is 314 g/mol. The molecule has 2 atom stereocenters. The van der Waals surface area contributed by atoms with Crippen LogP contribution >= 0.6 is 12.4 Å². The Balaban J connectivity index is 0.00000180. The summed E-state index contributed by atoms with van der Waals surface area (Å²) < 4.78 is 34.4. The Morgan fingerprint density at radius 1 is 1.16 bits per heavy atom. The van der Waals surface area contributed by atoms with Gasteiger partial charge in [0.1, 0.15) is 0 Å². The zero-order valence-corrected chi connectivity index (χ0v) is 13.1. The molecule has 2 rings (SSSR count). The molecule has 6 nitrogen and oxygen atoms in total. The first-order chi connectivity index (χ1) is 8.47. The van der Waals surface area contributed by atoms with Crippen molar-refractivity contribution in [3.8, 4) is 0 Å². The predicted molar refractivity (Wildman–Crippen MR) is 76.8 cm³/mol. The van der Waals surface area contributed by atoms with Gasteiger partial charge in [-0.05, 0) is 39.8 Å². The minimum absolute atomic E-state index is 0. The second-order valence-electron chi connectivity index (χ2n) is 5.22. The fourth-order valence-electron chi connectivity index (χ4n) is 2.55. The normalized spacial score (nSPS) is 30.8. The van der Waals surface area contributed by atoms with E-state index in [4.69, 9.17) is 4.74 Å². The summed E-state index contributed by atoms with van der Waals surface area (Å²) in [6, 6.07) is 0.0599. The fourth-order valence-corrected chi connectivity index (χ4v) is 4.17. The van der Waals surface area contributed by atoms with Gasteiger partial charge in [0, 0.05) is 19.1 Å². The number of morpholine rings is 1.